The molecule has 0 atom stereocenters. The minimum Gasteiger partial charge on any atom is -0.336 e. The van der Waals surface area contributed by atoms with Crippen molar-refractivity contribution in [3.05, 3.63) is 39.4 Å². The van der Waals surface area contributed by atoms with E-state index in [0.29, 0.717) is 50.4 Å². The number of hydrogen-bond acceptors (Lipinski definition) is 6. The summed E-state index contributed by atoms with van der Waals surface area (Å²) in [7, 11) is -1.55. The summed E-state index contributed by atoms with van der Waals surface area (Å²) in [6, 6.07) is 4.28. The minimum absolute atomic E-state index is 0.0281. The zero-order valence-electron chi connectivity index (χ0n) is 16.1. The first-order valence-corrected chi connectivity index (χ1v) is 10.6. The molecule has 2 fully saturated rings. The van der Waals surface area contributed by atoms with Crippen molar-refractivity contribution in [3.8, 4) is 0 Å². The third-order valence-corrected chi connectivity index (χ3v) is 7.32. The van der Waals surface area contributed by atoms with E-state index in [4.69, 9.17) is 0 Å². The van der Waals surface area contributed by atoms with Gasteiger partial charge in [0.1, 0.15) is 0 Å². The number of amides is 1. The van der Waals surface area contributed by atoms with Gasteiger partial charge in [0.05, 0.1) is 4.92 Å². The molecule has 28 heavy (non-hydrogen) atoms. The highest BCUT2D eigenvalue weighted by molar-refractivity contribution is 7.86. The van der Waals surface area contributed by atoms with Gasteiger partial charge in [0.15, 0.2) is 0 Å². The van der Waals surface area contributed by atoms with Crippen LogP contribution in [-0.4, -0.2) is 97.1 Å². The first-order chi connectivity index (χ1) is 13.2. The van der Waals surface area contributed by atoms with Crippen LogP contribution in [-0.2, 0) is 10.2 Å². The highest BCUT2D eigenvalue weighted by Gasteiger charge is 2.34. The number of carbonyl (C=O) groups is 1. The molecular weight excluding hydrogens is 386 g/mol. The number of rotatable bonds is 4. The van der Waals surface area contributed by atoms with Crippen LogP contribution < -0.4 is 0 Å². The van der Waals surface area contributed by atoms with Crippen LogP contribution in [0.1, 0.15) is 15.9 Å². The molecule has 0 aliphatic carbocycles. The third-order valence-electron chi connectivity index (χ3n) is 5.28. The first kappa shape index (κ1) is 20.6. The van der Waals surface area contributed by atoms with Crippen LogP contribution in [0.4, 0.5) is 5.69 Å². The van der Waals surface area contributed by atoms with Crippen molar-refractivity contribution < 1.29 is 18.1 Å². The molecule has 2 aliphatic heterocycles. The van der Waals surface area contributed by atoms with Crippen LogP contribution in [0.2, 0.25) is 0 Å². The largest absolute Gasteiger partial charge is 0.336 e. The Kier molecular flexibility index (Phi) is 5.98. The summed E-state index contributed by atoms with van der Waals surface area (Å²) in [5, 5.41) is 10.9. The van der Waals surface area contributed by atoms with Gasteiger partial charge in [-0.15, -0.1) is 0 Å². The molecule has 1 aromatic carbocycles. The summed E-state index contributed by atoms with van der Waals surface area (Å²) in [4.78, 5) is 26.8. The molecule has 2 heterocycles. The molecule has 0 radical (unpaired) electrons. The van der Waals surface area contributed by atoms with E-state index in [1.165, 1.54) is 26.8 Å². The van der Waals surface area contributed by atoms with E-state index in [-0.39, 0.29) is 24.7 Å². The predicted octanol–water partition coefficient (Wildman–Crippen LogP) is 0.153. The molecule has 10 nitrogen and oxygen atoms in total. The molecule has 0 aromatic heterocycles. The fourth-order valence-electron chi connectivity index (χ4n) is 3.48. The van der Waals surface area contributed by atoms with Crippen LogP contribution in [0.15, 0.2) is 18.2 Å². The number of carbonyl (C=O) groups excluding carboxylic acids is 1. The average Bonchev–Trinajstić information content (AvgIpc) is 2.67. The summed E-state index contributed by atoms with van der Waals surface area (Å²) in [5.74, 6) is -0.241. The zero-order chi connectivity index (χ0) is 20.5. The summed E-state index contributed by atoms with van der Waals surface area (Å²) >= 11 is 0. The maximum absolute atomic E-state index is 12.8. The number of nitro groups is 1. The predicted molar refractivity (Wildman–Crippen MR) is 103 cm³/mol. The smallest absolute Gasteiger partial charge is 0.282 e. The van der Waals surface area contributed by atoms with E-state index >= 15 is 0 Å². The quantitative estimate of drug-likeness (QED) is 0.516. The summed E-state index contributed by atoms with van der Waals surface area (Å²) < 4.78 is 28.5. The number of benzene rings is 1. The second-order valence-electron chi connectivity index (χ2n) is 7.16. The van der Waals surface area contributed by atoms with Crippen molar-refractivity contribution in [2.24, 2.45) is 0 Å². The fraction of sp³-hybridized carbons (Fsp3) is 0.588. The molecule has 0 saturated carbocycles. The molecule has 0 N–H and O–H groups in total. The number of aryl methyl sites for hydroxylation is 1. The standard InChI is InChI=1S/C17H25N5O5S/c1-14-13-15(3-4-16(14)22(24)25)17(23)19-7-11-21(12-8-19)28(26,27)20-9-5-18(2)6-10-20/h3-4,13H,5-12H2,1-2H3. The van der Waals surface area contributed by atoms with Gasteiger partial charge < -0.3 is 9.80 Å². The minimum atomic E-state index is -3.52. The Morgan fingerprint density at radius 1 is 1.00 bits per heavy atom. The Bertz CT molecular complexity index is 859. The number of hydrogen-bond donors (Lipinski definition) is 0. The molecule has 2 aliphatic rings. The van der Waals surface area contributed by atoms with Gasteiger partial charge in [0, 0.05) is 69.6 Å². The van der Waals surface area contributed by atoms with Crippen LogP contribution in [0.25, 0.3) is 0 Å². The molecule has 0 bridgehead atoms. The Balaban J connectivity index is 1.62. The van der Waals surface area contributed by atoms with E-state index in [1.54, 1.807) is 11.8 Å². The van der Waals surface area contributed by atoms with Crippen LogP contribution in [0, 0.1) is 17.0 Å². The lowest BCUT2D eigenvalue weighted by Gasteiger charge is -2.39. The van der Waals surface area contributed by atoms with Crippen molar-refractivity contribution in [3.63, 3.8) is 0 Å². The summed E-state index contributed by atoms with van der Waals surface area (Å²) in [6.45, 7) is 5.02. The topological polar surface area (TPSA) is 107 Å². The molecule has 11 heteroatoms. The van der Waals surface area contributed by atoms with E-state index in [0.717, 1.165) is 0 Å². The Labute approximate surface area is 164 Å². The second-order valence-corrected chi connectivity index (χ2v) is 9.09. The number of nitrogens with zero attached hydrogens (tertiary/aromatic N) is 5. The lowest BCUT2D eigenvalue weighted by atomic mass is 10.1. The Hall–Kier alpha value is -2.08. The maximum Gasteiger partial charge on any atom is 0.282 e. The van der Waals surface area contributed by atoms with Crippen LogP contribution in [0.5, 0.6) is 0 Å². The van der Waals surface area contributed by atoms with Gasteiger partial charge >= 0.3 is 0 Å². The number of piperazine rings is 2. The third kappa shape index (κ3) is 4.17. The molecule has 3 rings (SSSR count). The van der Waals surface area contributed by atoms with Crippen molar-refractivity contribution in [1.29, 1.82) is 0 Å². The Morgan fingerprint density at radius 2 is 1.54 bits per heavy atom. The molecule has 0 unspecified atom stereocenters. The van der Waals surface area contributed by atoms with Gasteiger partial charge in [0.25, 0.3) is 21.8 Å². The number of nitro benzene ring substituents is 1. The lowest BCUT2D eigenvalue weighted by molar-refractivity contribution is -0.385. The van der Waals surface area contributed by atoms with Gasteiger partial charge in [-0.2, -0.15) is 17.0 Å². The maximum atomic E-state index is 12.8. The lowest BCUT2D eigenvalue weighted by Crippen LogP contribution is -2.57. The normalized spacial score (nSPS) is 20.3. The zero-order valence-corrected chi connectivity index (χ0v) is 16.9. The SMILES string of the molecule is Cc1cc(C(=O)N2CCN(S(=O)(=O)N3CCN(C)CC3)CC2)ccc1[N+](=O)[O-]. The van der Waals surface area contributed by atoms with Crippen LogP contribution in [0.3, 0.4) is 0 Å². The van der Waals surface area contributed by atoms with Gasteiger partial charge in [-0.1, -0.05) is 0 Å². The Morgan fingerprint density at radius 3 is 2.04 bits per heavy atom. The molecule has 154 valence electrons. The van der Waals surface area contributed by atoms with Crippen molar-refractivity contribution in [2.45, 2.75) is 6.92 Å². The van der Waals surface area contributed by atoms with Crippen molar-refractivity contribution in [2.75, 3.05) is 59.4 Å². The van der Waals surface area contributed by atoms with E-state index in [1.807, 2.05) is 7.05 Å². The monoisotopic (exact) mass is 411 g/mol. The molecule has 1 amide bonds. The van der Waals surface area contributed by atoms with E-state index in [9.17, 15) is 23.3 Å². The van der Waals surface area contributed by atoms with Crippen LogP contribution >= 0.6 is 0 Å². The molecule has 2 saturated heterocycles. The highest BCUT2D eigenvalue weighted by atomic mass is 32.2. The summed E-state index contributed by atoms with van der Waals surface area (Å²) in [6.07, 6.45) is 0. The summed E-state index contributed by atoms with van der Waals surface area (Å²) in [5.41, 5.74) is 0.769. The molecule has 1 aromatic rings. The first-order valence-electron chi connectivity index (χ1n) is 9.18. The molecule has 0 spiro atoms. The van der Waals surface area contributed by atoms with E-state index in [2.05, 4.69) is 4.90 Å². The van der Waals surface area contributed by atoms with E-state index < -0.39 is 15.1 Å². The molecular formula is C17H25N5O5S. The average molecular weight is 411 g/mol. The fourth-order valence-corrected chi connectivity index (χ4v) is 5.06. The highest BCUT2D eigenvalue weighted by Crippen LogP contribution is 2.21. The van der Waals surface area contributed by atoms with Crippen molar-refractivity contribution >= 4 is 21.8 Å². The second kappa shape index (κ2) is 8.11. The van der Waals surface area contributed by atoms with Gasteiger partial charge in [0.2, 0.25) is 0 Å². The number of likely N-dealkylation sites (N-methyl/N-ethyl adjacent to an activating group) is 1. The van der Waals surface area contributed by atoms with Gasteiger partial charge in [-0.3, -0.25) is 14.9 Å². The van der Waals surface area contributed by atoms with Gasteiger partial charge in [-0.25, -0.2) is 0 Å². The van der Waals surface area contributed by atoms with Crippen molar-refractivity contribution in [1.82, 2.24) is 18.4 Å². The van der Waals surface area contributed by atoms with Gasteiger partial charge in [-0.05, 0) is 26.1 Å².